The Morgan fingerprint density at radius 2 is 1.77 bits per heavy atom. The fourth-order valence-corrected chi connectivity index (χ4v) is 3.71. The van der Waals surface area contributed by atoms with Gasteiger partial charge in [-0.15, -0.1) is 0 Å². The number of pyridine rings is 1. The number of nitrogens with zero attached hydrogens (tertiary/aromatic N) is 4. The number of hydrogen-bond acceptors (Lipinski definition) is 4. The van der Waals surface area contributed by atoms with Gasteiger partial charge >= 0.3 is 0 Å². The highest BCUT2D eigenvalue weighted by Gasteiger charge is 2.26. The first-order chi connectivity index (χ1) is 12.6. The summed E-state index contributed by atoms with van der Waals surface area (Å²) in [7, 11) is 1.95. The number of fused-ring (bicyclic) bond motifs is 1. The summed E-state index contributed by atoms with van der Waals surface area (Å²) < 4.78 is 2.01. The number of benzene rings is 1. The number of hydrogen-bond donors (Lipinski definition) is 1. The number of carbonyl (C=O) groups is 1. The smallest absolute Gasteiger partial charge is 0.256 e. The van der Waals surface area contributed by atoms with Crippen LogP contribution in [-0.4, -0.2) is 51.6 Å². The van der Waals surface area contributed by atoms with Crippen molar-refractivity contribution >= 4 is 22.5 Å². The molecule has 1 N–H and O–H groups in total. The molecule has 0 atom stereocenters. The van der Waals surface area contributed by atoms with Crippen molar-refractivity contribution in [3.63, 3.8) is 0 Å². The zero-order chi connectivity index (χ0) is 18.3. The van der Waals surface area contributed by atoms with Gasteiger partial charge in [-0.3, -0.25) is 9.78 Å². The Labute approximate surface area is 152 Å². The third kappa shape index (κ3) is 2.67. The number of phenolic OH excluding ortho intramolecular Hbond substituents is 1. The molecule has 0 bridgehead atoms. The number of carbonyl (C=O) groups excluding carboxylic acids is 1. The first-order valence-electron chi connectivity index (χ1n) is 8.78. The molecule has 1 fully saturated rings. The lowest BCUT2D eigenvalue weighted by atomic mass is 10.1. The summed E-state index contributed by atoms with van der Waals surface area (Å²) >= 11 is 0. The van der Waals surface area contributed by atoms with E-state index < -0.39 is 0 Å². The summed E-state index contributed by atoms with van der Waals surface area (Å²) in [4.78, 5) is 21.4. The lowest BCUT2D eigenvalue weighted by molar-refractivity contribution is 0.0748. The van der Waals surface area contributed by atoms with Gasteiger partial charge in [0.2, 0.25) is 0 Å². The SMILES string of the molecule is Cc1c(C(=O)N2CCN(c3ccncc3)CC2)c2cc(O)ccc2n1C. The lowest BCUT2D eigenvalue weighted by Crippen LogP contribution is -2.48. The van der Waals surface area contributed by atoms with Crippen molar-refractivity contribution in [3.8, 4) is 5.75 Å². The highest BCUT2D eigenvalue weighted by atomic mass is 16.3. The van der Waals surface area contributed by atoms with Crippen molar-refractivity contribution in [2.45, 2.75) is 6.92 Å². The van der Waals surface area contributed by atoms with Gasteiger partial charge in [-0.2, -0.15) is 0 Å². The molecule has 1 amide bonds. The van der Waals surface area contributed by atoms with Crippen LogP contribution in [0.3, 0.4) is 0 Å². The van der Waals surface area contributed by atoms with Crippen LogP contribution in [0.25, 0.3) is 10.9 Å². The van der Waals surface area contributed by atoms with E-state index in [0.717, 1.165) is 35.4 Å². The molecule has 0 saturated carbocycles. The monoisotopic (exact) mass is 350 g/mol. The molecular weight excluding hydrogens is 328 g/mol. The van der Waals surface area contributed by atoms with Gasteiger partial charge in [-0.1, -0.05) is 0 Å². The van der Waals surface area contributed by atoms with Crippen LogP contribution >= 0.6 is 0 Å². The Hall–Kier alpha value is -3.02. The zero-order valence-electron chi connectivity index (χ0n) is 15.0. The highest BCUT2D eigenvalue weighted by molar-refractivity contribution is 6.08. The van der Waals surface area contributed by atoms with Crippen molar-refractivity contribution in [3.05, 3.63) is 54.0 Å². The molecule has 1 saturated heterocycles. The van der Waals surface area contributed by atoms with Gasteiger partial charge in [0, 0.05) is 67.9 Å². The number of amides is 1. The van der Waals surface area contributed by atoms with E-state index in [0.29, 0.717) is 18.7 Å². The van der Waals surface area contributed by atoms with E-state index in [1.54, 1.807) is 24.5 Å². The molecule has 1 aromatic carbocycles. The molecule has 4 rings (SSSR count). The van der Waals surface area contributed by atoms with Crippen molar-refractivity contribution in [2.24, 2.45) is 7.05 Å². The first kappa shape index (κ1) is 16.4. The van der Waals surface area contributed by atoms with Gasteiger partial charge in [-0.25, -0.2) is 0 Å². The summed E-state index contributed by atoms with van der Waals surface area (Å²) in [6.45, 7) is 4.90. The normalized spacial score (nSPS) is 14.8. The van der Waals surface area contributed by atoms with Gasteiger partial charge in [0.1, 0.15) is 5.75 Å². The number of anilines is 1. The van der Waals surface area contributed by atoms with Gasteiger partial charge < -0.3 is 19.5 Å². The summed E-state index contributed by atoms with van der Waals surface area (Å²) in [5.74, 6) is 0.215. The molecule has 0 unspecified atom stereocenters. The van der Waals surface area contributed by atoms with Gasteiger partial charge in [0.15, 0.2) is 0 Å². The maximum Gasteiger partial charge on any atom is 0.256 e. The molecule has 1 aliphatic rings. The minimum atomic E-state index is 0.0353. The predicted octanol–water partition coefficient (Wildman–Crippen LogP) is 2.55. The maximum absolute atomic E-state index is 13.2. The van der Waals surface area contributed by atoms with Crippen molar-refractivity contribution in [2.75, 3.05) is 31.1 Å². The molecular formula is C20H22N4O2. The first-order valence-corrected chi connectivity index (χ1v) is 8.78. The van der Waals surface area contributed by atoms with E-state index in [1.807, 2.05) is 41.6 Å². The van der Waals surface area contributed by atoms with Crippen LogP contribution in [0, 0.1) is 6.92 Å². The van der Waals surface area contributed by atoms with Crippen LogP contribution in [-0.2, 0) is 7.05 Å². The second-order valence-electron chi connectivity index (χ2n) is 6.71. The summed E-state index contributed by atoms with van der Waals surface area (Å²) in [5, 5.41) is 10.7. The Bertz CT molecular complexity index is 957. The Morgan fingerprint density at radius 3 is 2.46 bits per heavy atom. The fourth-order valence-electron chi connectivity index (χ4n) is 3.71. The number of piperazine rings is 1. The molecule has 1 aliphatic heterocycles. The number of rotatable bonds is 2. The number of aromatic hydroxyl groups is 1. The molecule has 6 heteroatoms. The van der Waals surface area contributed by atoms with Crippen molar-refractivity contribution < 1.29 is 9.90 Å². The molecule has 26 heavy (non-hydrogen) atoms. The van der Waals surface area contributed by atoms with E-state index >= 15 is 0 Å². The van der Waals surface area contributed by atoms with E-state index in [4.69, 9.17) is 0 Å². The Balaban J connectivity index is 1.59. The summed E-state index contributed by atoms with van der Waals surface area (Å²) in [6, 6.07) is 9.19. The topological polar surface area (TPSA) is 61.6 Å². The minimum absolute atomic E-state index is 0.0353. The third-order valence-electron chi connectivity index (χ3n) is 5.28. The van der Waals surface area contributed by atoms with Crippen molar-refractivity contribution in [1.82, 2.24) is 14.5 Å². The summed E-state index contributed by atoms with van der Waals surface area (Å²) in [5.41, 5.74) is 3.71. The molecule has 0 radical (unpaired) electrons. The zero-order valence-corrected chi connectivity index (χ0v) is 15.0. The standard InChI is InChI=1S/C20H22N4O2/c1-14-19(17-13-16(25)3-4-18(17)22(14)2)20(26)24-11-9-23(10-12-24)15-5-7-21-8-6-15/h3-8,13,25H,9-12H2,1-2H3. The molecule has 134 valence electrons. The largest absolute Gasteiger partial charge is 0.508 e. The molecule has 6 nitrogen and oxygen atoms in total. The van der Waals surface area contributed by atoms with Gasteiger partial charge in [0.05, 0.1) is 5.56 Å². The van der Waals surface area contributed by atoms with Crippen LogP contribution in [0.15, 0.2) is 42.7 Å². The fraction of sp³-hybridized carbons (Fsp3) is 0.300. The van der Waals surface area contributed by atoms with Crippen LogP contribution < -0.4 is 4.90 Å². The molecule has 0 aliphatic carbocycles. The van der Waals surface area contributed by atoms with Crippen LogP contribution in [0.4, 0.5) is 5.69 Å². The maximum atomic E-state index is 13.2. The van der Waals surface area contributed by atoms with Crippen LogP contribution in [0.5, 0.6) is 5.75 Å². The number of aryl methyl sites for hydroxylation is 1. The molecule has 3 aromatic rings. The van der Waals surface area contributed by atoms with Crippen LogP contribution in [0.2, 0.25) is 0 Å². The third-order valence-corrected chi connectivity index (χ3v) is 5.28. The number of aromatic nitrogens is 2. The lowest BCUT2D eigenvalue weighted by Gasteiger charge is -2.36. The predicted molar refractivity (Wildman–Crippen MR) is 102 cm³/mol. The van der Waals surface area contributed by atoms with Gasteiger partial charge in [0.25, 0.3) is 5.91 Å². The Morgan fingerprint density at radius 1 is 1.08 bits per heavy atom. The highest BCUT2D eigenvalue weighted by Crippen LogP contribution is 2.29. The van der Waals surface area contributed by atoms with Gasteiger partial charge in [-0.05, 0) is 37.3 Å². The van der Waals surface area contributed by atoms with E-state index in [9.17, 15) is 9.90 Å². The molecule has 3 heterocycles. The van der Waals surface area contributed by atoms with E-state index in [1.165, 1.54) is 0 Å². The summed E-state index contributed by atoms with van der Waals surface area (Å²) in [6.07, 6.45) is 3.58. The van der Waals surface area contributed by atoms with Crippen LogP contribution in [0.1, 0.15) is 16.1 Å². The van der Waals surface area contributed by atoms with E-state index in [-0.39, 0.29) is 11.7 Å². The minimum Gasteiger partial charge on any atom is -0.508 e. The second-order valence-corrected chi connectivity index (χ2v) is 6.71. The van der Waals surface area contributed by atoms with E-state index in [2.05, 4.69) is 9.88 Å². The Kier molecular flexibility index (Phi) is 4.03. The number of phenols is 1. The van der Waals surface area contributed by atoms with Crippen molar-refractivity contribution in [1.29, 1.82) is 0 Å². The molecule has 2 aromatic heterocycles. The average Bonchev–Trinajstić information content (AvgIpc) is 2.92. The average molecular weight is 350 g/mol. The second kappa shape index (κ2) is 6.37. The quantitative estimate of drug-likeness (QED) is 0.772. The molecule has 0 spiro atoms.